The normalized spacial score (nSPS) is 19.1. The van der Waals surface area contributed by atoms with E-state index in [1.54, 1.807) is 0 Å². The van der Waals surface area contributed by atoms with Crippen molar-refractivity contribution >= 4 is 7.82 Å². The highest BCUT2D eigenvalue weighted by Crippen LogP contribution is 2.26. The topological polar surface area (TPSA) is 84.2 Å². The molecule has 0 saturated heterocycles. The average molecular weight is 294 g/mol. The van der Waals surface area contributed by atoms with Gasteiger partial charge in [-0.2, -0.15) is 0 Å². The van der Waals surface area contributed by atoms with E-state index < -0.39 is 7.82 Å². The zero-order valence-corrected chi connectivity index (χ0v) is 13.2. The van der Waals surface area contributed by atoms with Crippen molar-refractivity contribution in [3.8, 4) is 0 Å². The maximum Gasteiger partial charge on any atom is 0.466 e. The standard InChI is InChI=1S/C12H24N2.H3O4P/c1-5-8-9-14-10-11(6-2)13(4)12(14)7-3;1-5(2,3)4/h10,12H,5-9H2,1-4H3;(H3,1,2,3,4). The molecule has 0 radical (unpaired) electrons. The first kappa shape index (κ1) is 18.4. The average Bonchev–Trinajstić information content (AvgIpc) is 2.60. The Labute approximate surface area is 116 Å². The van der Waals surface area contributed by atoms with E-state index in [1.165, 1.54) is 31.5 Å². The Morgan fingerprint density at radius 2 is 1.79 bits per heavy atom. The van der Waals surface area contributed by atoms with Crippen molar-refractivity contribution in [3.63, 3.8) is 0 Å². The second-order valence-corrected chi connectivity index (χ2v) is 5.60. The molecule has 1 aliphatic heterocycles. The molecule has 3 N–H and O–H groups in total. The molecule has 6 nitrogen and oxygen atoms in total. The summed E-state index contributed by atoms with van der Waals surface area (Å²) < 4.78 is 8.88. The lowest BCUT2D eigenvalue weighted by Gasteiger charge is -2.30. The largest absolute Gasteiger partial charge is 0.466 e. The highest BCUT2D eigenvalue weighted by atomic mass is 31.2. The lowest BCUT2D eigenvalue weighted by molar-refractivity contribution is 0.161. The molecule has 0 spiro atoms. The van der Waals surface area contributed by atoms with E-state index in [9.17, 15) is 0 Å². The van der Waals surface area contributed by atoms with Crippen LogP contribution in [0.5, 0.6) is 0 Å². The van der Waals surface area contributed by atoms with Crippen LogP contribution in [0.2, 0.25) is 0 Å². The van der Waals surface area contributed by atoms with Gasteiger partial charge in [0, 0.05) is 25.5 Å². The predicted molar refractivity (Wildman–Crippen MR) is 76.1 cm³/mol. The summed E-state index contributed by atoms with van der Waals surface area (Å²) in [5, 5.41) is 0. The number of rotatable bonds is 5. The first-order valence-corrected chi connectivity index (χ1v) is 8.28. The molecule has 0 aromatic carbocycles. The fraction of sp³-hybridized carbons (Fsp3) is 0.833. The molecule has 114 valence electrons. The lowest BCUT2D eigenvalue weighted by atomic mass is 10.3. The van der Waals surface area contributed by atoms with Crippen molar-refractivity contribution in [2.75, 3.05) is 13.6 Å². The number of unbranched alkanes of at least 4 members (excludes halogenated alkanes) is 1. The van der Waals surface area contributed by atoms with Crippen LogP contribution in [0.4, 0.5) is 0 Å². The van der Waals surface area contributed by atoms with Crippen molar-refractivity contribution in [2.45, 2.75) is 52.6 Å². The summed E-state index contributed by atoms with van der Waals surface area (Å²) >= 11 is 0. The summed E-state index contributed by atoms with van der Waals surface area (Å²) in [5.41, 5.74) is 1.48. The Balaban J connectivity index is 0.000000555. The zero-order chi connectivity index (χ0) is 15.1. The van der Waals surface area contributed by atoms with Gasteiger partial charge < -0.3 is 24.5 Å². The minimum absolute atomic E-state index is 0.608. The van der Waals surface area contributed by atoms with Gasteiger partial charge in [0.1, 0.15) is 6.17 Å². The van der Waals surface area contributed by atoms with Gasteiger partial charge in [0.05, 0.1) is 0 Å². The van der Waals surface area contributed by atoms with E-state index in [-0.39, 0.29) is 0 Å². The molecule has 0 aromatic rings. The molecule has 1 unspecified atom stereocenters. The van der Waals surface area contributed by atoms with E-state index in [2.05, 4.69) is 43.8 Å². The van der Waals surface area contributed by atoms with Crippen LogP contribution in [0.3, 0.4) is 0 Å². The molecule has 7 heteroatoms. The third-order valence-corrected chi connectivity index (χ3v) is 3.10. The second-order valence-electron chi connectivity index (χ2n) is 4.58. The summed E-state index contributed by atoms with van der Waals surface area (Å²) in [6.45, 7) is 7.97. The third-order valence-electron chi connectivity index (χ3n) is 3.10. The molecular weight excluding hydrogens is 267 g/mol. The molecule has 1 atom stereocenters. The first-order chi connectivity index (χ1) is 8.74. The summed E-state index contributed by atoms with van der Waals surface area (Å²) in [5.74, 6) is 0. The molecule has 1 heterocycles. The summed E-state index contributed by atoms with van der Waals surface area (Å²) in [7, 11) is -2.42. The molecular formula is C12H27N2O4P. The van der Waals surface area contributed by atoms with Gasteiger partial charge in [-0.1, -0.05) is 27.2 Å². The van der Waals surface area contributed by atoms with Crippen LogP contribution in [-0.4, -0.2) is 44.2 Å². The minimum Gasteiger partial charge on any atom is -0.356 e. The highest BCUT2D eigenvalue weighted by Gasteiger charge is 2.25. The number of allylic oxidation sites excluding steroid dienone is 1. The Hall–Kier alpha value is -0.550. The highest BCUT2D eigenvalue weighted by molar-refractivity contribution is 7.45. The molecule has 1 rings (SSSR count). The van der Waals surface area contributed by atoms with E-state index in [1.807, 2.05) is 0 Å². The van der Waals surface area contributed by atoms with Crippen LogP contribution in [0.1, 0.15) is 46.5 Å². The summed E-state index contributed by atoms with van der Waals surface area (Å²) in [6, 6.07) is 0. The maximum absolute atomic E-state index is 8.88. The SMILES string of the molecule is CCCCN1C=C(CC)N(C)C1CC.O=P(O)(O)O. The second kappa shape index (κ2) is 8.59. The van der Waals surface area contributed by atoms with Crippen molar-refractivity contribution in [1.82, 2.24) is 9.80 Å². The maximum atomic E-state index is 8.88. The summed E-state index contributed by atoms with van der Waals surface area (Å²) in [6.07, 6.45) is 7.90. The Bertz CT molecular complexity index is 321. The minimum atomic E-state index is -4.64. The van der Waals surface area contributed by atoms with Crippen LogP contribution >= 0.6 is 7.82 Å². The van der Waals surface area contributed by atoms with Crippen LogP contribution in [0, 0.1) is 0 Å². The van der Waals surface area contributed by atoms with Crippen molar-refractivity contribution in [2.24, 2.45) is 0 Å². The van der Waals surface area contributed by atoms with Crippen LogP contribution in [0.25, 0.3) is 0 Å². The quantitative estimate of drug-likeness (QED) is 0.673. The molecule has 1 aliphatic rings. The lowest BCUT2D eigenvalue weighted by Crippen LogP contribution is -2.37. The molecule has 0 aromatic heterocycles. The fourth-order valence-electron chi connectivity index (χ4n) is 2.19. The predicted octanol–water partition coefficient (Wildman–Crippen LogP) is 2.09. The fourth-order valence-corrected chi connectivity index (χ4v) is 2.19. The van der Waals surface area contributed by atoms with Crippen LogP contribution in [-0.2, 0) is 4.57 Å². The van der Waals surface area contributed by atoms with E-state index >= 15 is 0 Å². The summed E-state index contributed by atoms with van der Waals surface area (Å²) in [4.78, 5) is 26.5. The van der Waals surface area contributed by atoms with Crippen LogP contribution < -0.4 is 0 Å². The third kappa shape index (κ3) is 7.57. The van der Waals surface area contributed by atoms with Gasteiger partial charge in [0.2, 0.25) is 0 Å². The van der Waals surface area contributed by atoms with E-state index in [0.717, 1.165) is 6.42 Å². The molecule has 19 heavy (non-hydrogen) atoms. The van der Waals surface area contributed by atoms with Gasteiger partial charge in [0.25, 0.3) is 0 Å². The molecule has 0 bridgehead atoms. The van der Waals surface area contributed by atoms with Gasteiger partial charge in [-0.25, -0.2) is 4.57 Å². The number of hydrogen-bond donors (Lipinski definition) is 3. The molecule has 0 saturated carbocycles. The van der Waals surface area contributed by atoms with Crippen LogP contribution in [0.15, 0.2) is 11.9 Å². The molecule has 0 aliphatic carbocycles. The molecule has 0 amide bonds. The smallest absolute Gasteiger partial charge is 0.356 e. The van der Waals surface area contributed by atoms with Gasteiger partial charge in [-0.3, -0.25) is 0 Å². The number of nitrogens with zero attached hydrogens (tertiary/aromatic N) is 2. The van der Waals surface area contributed by atoms with Gasteiger partial charge in [-0.05, 0) is 19.3 Å². The van der Waals surface area contributed by atoms with Gasteiger partial charge in [-0.15, -0.1) is 0 Å². The van der Waals surface area contributed by atoms with E-state index in [4.69, 9.17) is 19.2 Å². The molecule has 0 fully saturated rings. The van der Waals surface area contributed by atoms with Gasteiger partial charge in [0.15, 0.2) is 0 Å². The first-order valence-electron chi connectivity index (χ1n) is 6.72. The van der Waals surface area contributed by atoms with Crippen molar-refractivity contribution < 1.29 is 19.2 Å². The number of hydrogen-bond acceptors (Lipinski definition) is 3. The van der Waals surface area contributed by atoms with Crippen molar-refractivity contribution in [1.29, 1.82) is 0 Å². The van der Waals surface area contributed by atoms with Gasteiger partial charge >= 0.3 is 7.82 Å². The Kier molecular flexibility index (Phi) is 8.34. The van der Waals surface area contributed by atoms with E-state index in [0.29, 0.717) is 6.17 Å². The Morgan fingerprint density at radius 1 is 1.26 bits per heavy atom. The van der Waals surface area contributed by atoms with Crippen molar-refractivity contribution in [3.05, 3.63) is 11.9 Å². The zero-order valence-electron chi connectivity index (χ0n) is 12.3. The monoisotopic (exact) mass is 294 g/mol. The Morgan fingerprint density at radius 3 is 2.16 bits per heavy atom. The number of phosphoric acid groups is 1.